The van der Waals surface area contributed by atoms with E-state index < -0.39 is 0 Å². The van der Waals surface area contributed by atoms with E-state index in [1.807, 2.05) is 49.4 Å². The van der Waals surface area contributed by atoms with Crippen LogP contribution >= 0.6 is 22.9 Å². The molecular formula is C22H18ClN3O3S. The number of aromatic nitrogens is 1. The van der Waals surface area contributed by atoms with Crippen LogP contribution in [0, 0.1) is 0 Å². The lowest BCUT2D eigenvalue weighted by Crippen LogP contribution is -2.05. The maximum atomic E-state index is 12.1. The molecule has 1 aliphatic rings. The Bertz CT molecular complexity index is 1260. The summed E-state index contributed by atoms with van der Waals surface area (Å²) in [6.07, 6.45) is 3.22. The SMILES string of the molecule is CCOc1ccc(-c2cccc(C(=C3C=NN=C3)c3sc(=O)n(C)c3O)c2)cc1Cl. The lowest BCUT2D eigenvalue weighted by Gasteiger charge is -2.12. The molecule has 8 heteroatoms. The fraction of sp³-hybridized carbons (Fsp3) is 0.136. The second-order valence-corrected chi connectivity index (χ2v) is 7.93. The number of hydrogen-bond donors (Lipinski definition) is 1. The Labute approximate surface area is 182 Å². The Morgan fingerprint density at radius 3 is 2.53 bits per heavy atom. The third-order valence-electron chi connectivity index (χ3n) is 4.68. The van der Waals surface area contributed by atoms with Crippen molar-refractivity contribution in [3.8, 4) is 22.8 Å². The van der Waals surface area contributed by atoms with E-state index >= 15 is 0 Å². The van der Waals surface area contributed by atoms with Crippen LogP contribution in [-0.4, -0.2) is 28.7 Å². The third-order valence-corrected chi connectivity index (χ3v) is 6.01. The van der Waals surface area contributed by atoms with Gasteiger partial charge in [-0.1, -0.05) is 47.2 Å². The molecule has 1 N–H and O–H groups in total. The quantitative estimate of drug-likeness (QED) is 0.623. The lowest BCUT2D eigenvalue weighted by atomic mass is 9.95. The van der Waals surface area contributed by atoms with Crippen LogP contribution in [0.25, 0.3) is 16.7 Å². The maximum absolute atomic E-state index is 12.1. The normalized spacial score (nSPS) is 12.6. The first-order valence-corrected chi connectivity index (χ1v) is 10.4. The van der Waals surface area contributed by atoms with E-state index in [-0.39, 0.29) is 10.8 Å². The van der Waals surface area contributed by atoms with Crippen LogP contribution in [0.2, 0.25) is 5.02 Å². The highest BCUT2D eigenvalue weighted by Gasteiger charge is 2.21. The van der Waals surface area contributed by atoms with Crippen LogP contribution in [0.3, 0.4) is 0 Å². The van der Waals surface area contributed by atoms with Gasteiger partial charge in [0, 0.05) is 18.2 Å². The molecule has 0 saturated carbocycles. The highest BCUT2D eigenvalue weighted by molar-refractivity contribution is 7.11. The molecule has 0 bridgehead atoms. The van der Waals surface area contributed by atoms with Gasteiger partial charge in [-0.15, -0.1) is 0 Å². The predicted octanol–water partition coefficient (Wildman–Crippen LogP) is 4.74. The van der Waals surface area contributed by atoms with E-state index in [2.05, 4.69) is 10.2 Å². The molecule has 152 valence electrons. The summed E-state index contributed by atoms with van der Waals surface area (Å²) < 4.78 is 6.74. The van der Waals surface area contributed by atoms with Crippen LogP contribution < -0.4 is 9.61 Å². The first-order chi connectivity index (χ1) is 14.5. The Morgan fingerprint density at radius 2 is 1.90 bits per heavy atom. The summed E-state index contributed by atoms with van der Waals surface area (Å²) in [5, 5.41) is 18.9. The molecule has 1 aromatic heterocycles. The van der Waals surface area contributed by atoms with Gasteiger partial charge in [0.1, 0.15) is 10.6 Å². The summed E-state index contributed by atoms with van der Waals surface area (Å²) in [6.45, 7) is 2.45. The van der Waals surface area contributed by atoms with Crippen molar-refractivity contribution in [3.05, 3.63) is 73.2 Å². The van der Waals surface area contributed by atoms with Gasteiger partial charge in [-0.25, -0.2) is 0 Å². The fourth-order valence-corrected chi connectivity index (χ4v) is 4.39. The van der Waals surface area contributed by atoms with Crippen LogP contribution in [0.4, 0.5) is 0 Å². The van der Waals surface area contributed by atoms with Gasteiger partial charge in [-0.3, -0.25) is 9.36 Å². The summed E-state index contributed by atoms with van der Waals surface area (Å²) in [6, 6.07) is 13.4. The number of ether oxygens (including phenoxy) is 1. The molecular weight excluding hydrogens is 422 g/mol. The van der Waals surface area contributed by atoms with Crippen molar-refractivity contribution in [1.82, 2.24) is 4.57 Å². The van der Waals surface area contributed by atoms with E-state index in [4.69, 9.17) is 16.3 Å². The van der Waals surface area contributed by atoms with Gasteiger partial charge >= 0.3 is 4.87 Å². The van der Waals surface area contributed by atoms with E-state index in [1.165, 1.54) is 11.6 Å². The highest BCUT2D eigenvalue weighted by Crippen LogP contribution is 2.37. The van der Waals surface area contributed by atoms with Crippen molar-refractivity contribution >= 4 is 40.9 Å². The second kappa shape index (κ2) is 8.30. The molecule has 3 aromatic rings. The van der Waals surface area contributed by atoms with Crippen molar-refractivity contribution in [2.24, 2.45) is 17.3 Å². The summed E-state index contributed by atoms with van der Waals surface area (Å²) in [4.78, 5) is 12.4. The van der Waals surface area contributed by atoms with E-state index in [0.29, 0.717) is 33.4 Å². The van der Waals surface area contributed by atoms with Gasteiger partial charge in [0.05, 0.1) is 24.1 Å². The van der Waals surface area contributed by atoms with Crippen molar-refractivity contribution in [1.29, 1.82) is 0 Å². The zero-order valence-electron chi connectivity index (χ0n) is 16.3. The minimum Gasteiger partial charge on any atom is -0.493 e. The zero-order valence-corrected chi connectivity index (χ0v) is 17.9. The molecule has 0 amide bonds. The predicted molar refractivity (Wildman–Crippen MR) is 122 cm³/mol. The van der Waals surface area contributed by atoms with Crippen LogP contribution in [0.1, 0.15) is 17.4 Å². The molecule has 2 aromatic carbocycles. The third kappa shape index (κ3) is 3.69. The van der Waals surface area contributed by atoms with Crippen molar-refractivity contribution in [2.45, 2.75) is 6.92 Å². The Hall–Kier alpha value is -3.16. The highest BCUT2D eigenvalue weighted by atomic mass is 35.5. The Kier molecular flexibility index (Phi) is 5.57. The Balaban J connectivity index is 1.85. The van der Waals surface area contributed by atoms with E-state index in [9.17, 15) is 9.90 Å². The number of nitrogens with zero attached hydrogens (tertiary/aromatic N) is 3. The van der Waals surface area contributed by atoms with Crippen molar-refractivity contribution in [3.63, 3.8) is 0 Å². The minimum atomic E-state index is -0.248. The number of thiazole rings is 1. The molecule has 6 nitrogen and oxygen atoms in total. The van der Waals surface area contributed by atoms with Gasteiger partial charge in [-0.2, -0.15) is 10.2 Å². The summed E-state index contributed by atoms with van der Waals surface area (Å²) >= 11 is 7.34. The smallest absolute Gasteiger partial charge is 0.310 e. The minimum absolute atomic E-state index is 0.0873. The van der Waals surface area contributed by atoms with Crippen molar-refractivity contribution in [2.75, 3.05) is 6.61 Å². The van der Waals surface area contributed by atoms with Crippen LogP contribution in [-0.2, 0) is 7.05 Å². The fourth-order valence-electron chi connectivity index (χ4n) is 3.19. The number of aromatic hydroxyl groups is 1. The summed E-state index contributed by atoms with van der Waals surface area (Å²) in [5.41, 5.74) is 4.09. The van der Waals surface area contributed by atoms with Gasteiger partial charge in [-0.05, 0) is 41.8 Å². The average Bonchev–Trinajstić information content (AvgIpc) is 3.36. The largest absolute Gasteiger partial charge is 0.493 e. The molecule has 0 fully saturated rings. The summed E-state index contributed by atoms with van der Waals surface area (Å²) in [5.74, 6) is 0.551. The van der Waals surface area contributed by atoms with Gasteiger partial charge in [0.2, 0.25) is 5.88 Å². The number of rotatable bonds is 5. The van der Waals surface area contributed by atoms with Gasteiger partial charge < -0.3 is 9.84 Å². The number of hydrogen-bond acceptors (Lipinski definition) is 6. The zero-order chi connectivity index (χ0) is 21.3. The first-order valence-electron chi connectivity index (χ1n) is 9.22. The van der Waals surface area contributed by atoms with Crippen molar-refractivity contribution < 1.29 is 9.84 Å². The molecule has 1 aliphatic heterocycles. The number of allylic oxidation sites excluding steroid dienone is 1. The van der Waals surface area contributed by atoms with E-state index in [1.54, 1.807) is 12.4 Å². The molecule has 0 saturated heterocycles. The molecule has 0 spiro atoms. The van der Waals surface area contributed by atoms with Gasteiger partial charge in [0.15, 0.2) is 0 Å². The molecule has 4 rings (SSSR count). The molecule has 0 aliphatic carbocycles. The molecule has 0 atom stereocenters. The van der Waals surface area contributed by atoms with E-state index in [0.717, 1.165) is 28.0 Å². The van der Waals surface area contributed by atoms with Gasteiger partial charge in [0.25, 0.3) is 0 Å². The standard InChI is InChI=1S/C22H18ClN3O3S/c1-3-29-18-8-7-14(10-17(18)23)13-5-4-6-15(9-13)19(16-11-24-25-12-16)20-21(27)26(2)22(28)30-20/h4-12,27H,3H2,1-2H3. The average molecular weight is 440 g/mol. The van der Waals surface area contributed by atoms with Crippen LogP contribution in [0.5, 0.6) is 11.6 Å². The van der Waals surface area contributed by atoms with Crippen LogP contribution in [0.15, 0.2) is 63.0 Å². The number of benzene rings is 2. The maximum Gasteiger partial charge on any atom is 0.310 e. The number of halogens is 1. The molecule has 0 radical (unpaired) electrons. The molecule has 0 unspecified atom stereocenters. The molecule has 30 heavy (non-hydrogen) atoms. The topological polar surface area (TPSA) is 76.2 Å². The Morgan fingerprint density at radius 1 is 1.17 bits per heavy atom. The molecule has 2 heterocycles. The monoisotopic (exact) mass is 439 g/mol. The summed E-state index contributed by atoms with van der Waals surface area (Å²) in [7, 11) is 1.54. The first kappa shape index (κ1) is 20.1. The second-order valence-electron chi connectivity index (χ2n) is 6.56. The lowest BCUT2D eigenvalue weighted by molar-refractivity contribution is 0.340.